The predicted molar refractivity (Wildman–Crippen MR) is 93.5 cm³/mol. The van der Waals surface area contributed by atoms with Gasteiger partial charge in [0, 0.05) is 0 Å². The second kappa shape index (κ2) is 6.87. The van der Waals surface area contributed by atoms with E-state index < -0.39 is 10.0 Å². The summed E-state index contributed by atoms with van der Waals surface area (Å²) in [5.74, 6) is 0.678. The molecule has 0 saturated heterocycles. The summed E-state index contributed by atoms with van der Waals surface area (Å²) in [4.78, 5) is 0.264. The summed E-state index contributed by atoms with van der Waals surface area (Å²) in [6, 6.07) is 13.8. The second-order valence-electron chi connectivity index (χ2n) is 5.48. The van der Waals surface area contributed by atoms with Gasteiger partial charge < -0.3 is 4.74 Å². The first-order chi connectivity index (χ1) is 10.8. The van der Waals surface area contributed by atoms with Gasteiger partial charge >= 0.3 is 0 Å². The number of aryl methyl sites for hydroxylation is 1. The van der Waals surface area contributed by atoms with Crippen LogP contribution in [-0.2, 0) is 10.0 Å². The smallest absolute Gasteiger partial charge is 0.264 e. The zero-order valence-corrected chi connectivity index (χ0v) is 14.4. The minimum Gasteiger partial charge on any atom is -0.497 e. The van der Waals surface area contributed by atoms with Crippen molar-refractivity contribution in [3.63, 3.8) is 0 Å². The van der Waals surface area contributed by atoms with Crippen molar-refractivity contribution in [2.75, 3.05) is 18.0 Å². The first kappa shape index (κ1) is 17.1. The van der Waals surface area contributed by atoms with Crippen LogP contribution in [-0.4, -0.2) is 22.1 Å². The topological polar surface area (TPSA) is 46.6 Å². The summed E-state index contributed by atoms with van der Waals surface area (Å²) in [5, 5.41) is 0. The molecule has 2 aromatic rings. The van der Waals surface area contributed by atoms with E-state index in [4.69, 9.17) is 4.74 Å². The van der Waals surface area contributed by atoms with Crippen molar-refractivity contribution in [3.05, 3.63) is 66.2 Å². The number of anilines is 1. The SMILES string of the molecule is C=C(C)CN(c1ccc(OC)cc1)S(=O)(=O)c1ccc(C)cc1. The number of hydrogen-bond acceptors (Lipinski definition) is 3. The van der Waals surface area contributed by atoms with E-state index in [0.29, 0.717) is 11.4 Å². The maximum atomic E-state index is 13.0. The number of ether oxygens (including phenoxy) is 1. The molecule has 0 saturated carbocycles. The Bertz CT molecular complexity index is 778. The van der Waals surface area contributed by atoms with Crippen LogP contribution >= 0.6 is 0 Å². The first-order valence-corrected chi connectivity index (χ1v) is 8.66. The van der Waals surface area contributed by atoms with Gasteiger partial charge in [0.2, 0.25) is 0 Å². The van der Waals surface area contributed by atoms with Gasteiger partial charge in [-0.15, -0.1) is 0 Å². The van der Waals surface area contributed by atoms with Gasteiger partial charge in [0.25, 0.3) is 10.0 Å². The number of rotatable bonds is 6. The highest BCUT2D eigenvalue weighted by Crippen LogP contribution is 2.26. The highest BCUT2D eigenvalue weighted by atomic mass is 32.2. The molecule has 4 nitrogen and oxygen atoms in total. The van der Waals surface area contributed by atoms with Crippen LogP contribution < -0.4 is 9.04 Å². The highest BCUT2D eigenvalue weighted by molar-refractivity contribution is 7.92. The van der Waals surface area contributed by atoms with Crippen molar-refractivity contribution in [3.8, 4) is 5.75 Å². The Kier molecular flexibility index (Phi) is 5.11. The van der Waals surface area contributed by atoms with Crippen molar-refractivity contribution in [2.24, 2.45) is 0 Å². The lowest BCUT2D eigenvalue weighted by Crippen LogP contribution is -2.32. The lowest BCUT2D eigenvalue weighted by Gasteiger charge is -2.25. The van der Waals surface area contributed by atoms with Gasteiger partial charge in [0.1, 0.15) is 5.75 Å². The number of nitrogens with zero attached hydrogens (tertiary/aromatic N) is 1. The molecule has 0 aliphatic carbocycles. The molecular formula is C18H21NO3S. The minimum atomic E-state index is -3.65. The molecule has 0 radical (unpaired) electrons. The molecule has 0 heterocycles. The molecule has 0 aliphatic heterocycles. The maximum absolute atomic E-state index is 13.0. The van der Waals surface area contributed by atoms with Gasteiger partial charge in [-0.1, -0.05) is 29.8 Å². The molecule has 0 aromatic heterocycles. The van der Waals surface area contributed by atoms with Gasteiger partial charge in [0.15, 0.2) is 0 Å². The van der Waals surface area contributed by atoms with E-state index >= 15 is 0 Å². The molecular weight excluding hydrogens is 310 g/mol. The van der Waals surface area contributed by atoms with E-state index in [9.17, 15) is 8.42 Å². The fraction of sp³-hybridized carbons (Fsp3) is 0.222. The summed E-state index contributed by atoms with van der Waals surface area (Å²) in [7, 11) is -2.08. The van der Waals surface area contributed by atoms with E-state index in [1.54, 1.807) is 62.6 Å². The van der Waals surface area contributed by atoms with Crippen LogP contribution in [0.2, 0.25) is 0 Å². The number of methoxy groups -OCH3 is 1. The largest absolute Gasteiger partial charge is 0.497 e. The van der Waals surface area contributed by atoms with Crippen LogP contribution in [0.4, 0.5) is 5.69 Å². The Morgan fingerprint density at radius 3 is 2.13 bits per heavy atom. The molecule has 0 amide bonds. The van der Waals surface area contributed by atoms with Crippen molar-refractivity contribution in [2.45, 2.75) is 18.7 Å². The van der Waals surface area contributed by atoms with Gasteiger partial charge in [-0.2, -0.15) is 0 Å². The fourth-order valence-corrected chi connectivity index (χ4v) is 3.67. The molecule has 2 rings (SSSR count). The van der Waals surface area contributed by atoms with Crippen molar-refractivity contribution < 1.29 is 13.2 Å². The lowest BCUT2D eigenvalue weighted by molar-refractivity contribution is 0.415. The standard InChI is InChI=1S/C18H21NO3S/c1-14(2)13-19(16-7-9-17(22-4)10-8-16)23(20,21)18-11-5-15(3)6-12-18/h5-12H,1,13H2,2-4H3. The Morgan fingerprint density at radius 2 is 1.65 bits per heavy atom. The quantitative estimate of drug-likeness (QED) is 0.757. The zero-order valence-electron chi connectivity index (χ0n) is 13.6. The molecule has 0 atom stereocenters. The van der Waals surface area contributed by atoms with Gasteiger partial charge in [-0.05, 0) is 50.2 Å². The molecule has 0 N–H and O–H groups in total. The highest BCUT2D eigenvalue weighted by Gasteiger charge is 2.24. The van der Waals surface area contributed by atoms with Crippen molar-refractivity contribution in [1.82, 2.24) is 0 Å². The third-order valence-electron chi connectivity index (χ3n) is 3.38. The van der Waals surface area contributed by atoms with E-state index in [-0.39, 0.29) is 11.4 Å². The molecule has 5 heteroatoms. The van der Waals surface area contributed by atoms with Crippen LogP contribution in [0.25, 0.3) is 0 Å². The molecule has 23 heavy (non-hydrogen) atoms. The first-order valence-electron chi connectivity index (χ1n) is 7.22. The summed E-state index contributed by atoms with van der Waals surface area (Å²) < 4.78 is 32.5. The number of sulfonamides is 1. The second-order valence-corrected chi connectivity index (χ2v) is 7.34. The Morgan fingerprint density at radius 1 is 1.09 bits per heavy atom. The maximum Gasteiger partial charge on any atom is 0.264 e. The molecule has 0 spiro atoms. The molecule has 122 valence electrons. The van der Waals surface area contributed by atoms with Crippen LogP contribution in [0.3, 0.4) is 0 Å². The van der Waals surface area contributed by atoms with E-state index in [0.717, 1.165) is 11.1 Å². The van der Waals surface area contributed by atoms with Gasteiger partial charge in [-0.25, -0.2) is 8.42 Å². The Labute approximate surface area is 138 Å². The molecule has 0 unspecified atom stereocenters. The lowest BCUT2D eigenvalue weighted by atomic mass is 10.2. The summed E-state index contributed by atoms with van der Waals surface area (Å²) >= 11 is 0. The van der Waals surface area contributed by atoms with Crippen LogP contribution in [0, 0.1) is 6.92 Å². The van der Waals surface area contributed by atoms with Crippen LogP contribution in [0.5, 0.6) is 5.75 Å². The molecule has 0 aliphatic rings. The van der Waals surface area contributed by atoms with Crippen molar-refractivity contribution in [1.29, 1.82) is 0 Å². The van der Waals surface area contributed by atoms with E-state index in [1.807, 2.05) is 6.92 Å². The minimum absolute atomic E-state index is 0.225. The average Bonchev–Trinajstić information content (AvgIpc) is 2.53. The zero-order chi connectivity index (χ0) is 17.0. The van der Waals surface area contributed by atoms with E-state index in [2.05, 4.69) is 6.58 Å². The van der Waals surface area contributed by atoms with E-state index in [1.165, 1.54) is 4.31 Å². The monoisotopic (exact) mass is 331 g/mol. The number of hydrogen-bond donors (Lipinski definition) is 0. The molecule has 0 fully saturated rings. The summed E-state index contributed by atoms with van der Waals surface area (Å²) in [5.41, 5.74) is 2.35. The summed E-state index contributed by atoms with van der Waals surface area (Å²) in [6.45, 7) is 7.80. The Balaban J connectivity index is 2.48. The predicted octanol–water partition coefficient (Wildman–Crippen LogP) is 3.78. The van der Waals surface area contributed by atoms with Crippen molar-refractivity contribution >= 4 is 15.7 Å². The third kappa shape index (κ3) is 3.93. The normalized spacial score (nSPS) is 11.1. The molecule has 2 aromatic carbocycles. The van der Waals surface area contributed by atoms with Gasteiger partial charge in [0.05, 0.1) is 24.2 Å². The van der Waals surface area contributed by atoms with Crippen LogP contribution in [0.1, 0.15) is 12.5 Å². The Hall–Kier alpha value is -2.27. The number of benzene rings is 2. The average molecular weight is 331 g/mol. The van der Waals surface area contributed by atoms with Crippen LogP contribution in [0.15, 0.2) is 65.6 Å². The molecule has 0 bridgehead atoms. The fourth-order valence-electron chi connectivity index (χ4n) is 2.15. The van der Waals surface area contributed by atoms with Gasteiger partial charge in [-0.3, -0.25) is 4.31 Å². The third-order valence-corrected chi connectivity index (χ3v) is 5.17. The summed E-state index contributed by atoms with van der Waals surface area (Å²) in [6.07, 6.45) is 0.